The van der Waals surface area contributed by atoms with Crippen LogP contribution in [0.4, 0.5) is 11.6 Å². The number of anilines is 2. The number of carbonyl (C=O) groups is 1. The van der Waals surface area contributed by atoms with Crippen molar-refractivity contribution in [1.82, 2.24) is 20.3 Å². The lowest BCUT2D eigenvalue weighted by Gasteiger charge is -2.09. The minimum absolute atomic E-state index is 0.0227. The van der Waals surface area contributed by atoms with Crippen LogP contribution < -0.4 is 15.4 Å². The van der Waals surface area contributed by atoms with Crippen molar-refractivity contribution in [2.75, 3.05) is 12.4 Å². The lowest BCUT2D eigenvalue weighted by Crippen LogP contribution is -2.17. The summed E-state index contributed by atoms with van der Waals surface area (Å²) in [5, 5.41) is 6.92. The topological polar surface area (TPSA) is 91.9 Å². The molecule has 0 unspecified atom stereocenters. The quantitative estimate of drug-likeness (QED) is 0.425. The van der Waals surface area contributed by atoms with E-state index in [1.807, 2.05) is 49.4 Å². The summed E-state index contributed by atoms with van der Waals surface area (Å²) >= 11 is 0. The van der Waals surface area contributed by atoms with Gasteiger partial charge in [-0.15, -0.1) is 0 Å². The summed E-state index contributed by atoms with van der Waals surface area (Å²) in [7, 11) is 1.64. The number of rotatable bonds is 7. The maximum atomic E-state index is 11.5. The Balaban J connectivity index is 1.46. The van der Waals surface area contributed by atoms with Crippen LogP contribution in [0.25, 0.3) is 10.9 Å². The monoisotopic (exact) mass is 401 g/mol. The number of nitrogens with zero attached hydrogens (tertiary/aromatic N) is 2. The number of hydrogen-bond acceptors (Lipinski definition) is 5. The Labute approximate surface area is 174 Å². The highest BCUT2D eigenvalue weighted by atomic mass is 16.5. The van der Waals surface area contributed by atoms with Crippen LogP contribution in [-0.4, -0.2) is 27.9 Å². The molecule has 2 aromatic heterocycles. The van der Waals surface area contributed by atoms with E-state index in [2.05, 4.69) is 31.7 Å². The third-order valence-corrected chi connectivity index (χ3v) is 4.68. The molecule has 0 bridgehead atoms. The fraction of sp³-hybridized carbons (Fsp3) is 0.174. The van der Waals surface area contributed by atoms with E-state index >= 15 is 0 Å². The SMILES string of the molecule is CNC(=O)CCc1cccc(Nc2nccc(Oc3ccc4[nH]c(C)cc4c3)n2)c1. The molecular weight excluding hydrogens is 378 g/mol. The largest absolute Gasteiger partial charge is 0.439 e. The van der Waals surface area contributed by atoms with Crippen LogP contribution in [-0.2, 0) is 11.2 Å². The predicted molar refractivity (Wildman–Crippen MR) is 117 cm³/mol. The molecule has 1 amide bonds. The minimum atomic E-state index is 0.0227. The van der Waals surface area contributed by atoms with Crippen molar-refractivity contribution in [2.24, 2.45) is 0 Å². The van der Waals surface area contributed by atoms with Crippen LogP contribution in [0.5, 0.6) is 11.6 Å². The average molecular weight is 401 g/mol. The van der Waals surface area contributed by atoms with E-state index in [9.17, 15) is 4.79 Å². The molecule has 3 N–H and O–H groups in total. The summed E-state index contributed by atoms with van der Waals surface area (Å²) in [6, 6.07) is 17.5. The van der Waals surface area contributed by atoms with Gasteiger partial charge in [0.15, 0.2) is 0 Å². The molecule has 0 aliphatic rings. The molecule has 2 aromatic carbocycles. The van der Waals surface area contributed by atoms with Gasteiger partial charge in [-0.05, 0) is 55.3 Å². The lowest BCUT2D eigenvalue weighted by atomic mass is 10.1. The smallest absolute Gasteiger partial charge is 0.230 e. The van der Waals surface area contributed by atoms with Gasteiger partial charge in [0, 0.05) is 48.0 Å². The van der Waals surface area contributed by atoms with Gasteiger partial charge in [0.1, 0.15) is 5.75 Å². The average Bonchev–Trinajstić information content (AvgIpc) is 3.12. The number of aryl methyl sites for hydroxylation is 2. The maximum Gasteiger partial charge on any atom is 0.230 e. The highest BCUT2D eigenvalue weighted by Gasteiger charge is 2.06. The third-order valence-electron chi connectivity index (χ3n) is 4.68. The van der Waals surface area contributed by atoms with Crippen LogP contribution in [0.3, 0.4) is 0 Å². The van der Waals surface area contributed by atoms with Gasteiger partial charge in [-0.1, -0.05) is 12.1 Å². The lowest BCUT2D eigenvalue weighted by molar-refractivity contribution is -0.120. The molecule has 7 heteroatoms. The van der Waals surface area contributed by atoms with Gasteiger partial charge in [0.25, 0.3) is 0 Å². The van der Waals surface area contributed by atoms with Gasteiger partial charge in [0.2, 0.25) is 17.7 Å². The zero-order valence-electron chi connectivity index (χ0n) is 16.9. The van der Waals surface area contributed by atoms with Crippen molar-refractivity contribution in [3.63, 3.8) is 0 Å². The molecule has 0 fully saturated rings. The van der Waals surface area contributed by atoms with Crippen molar-refractivity contribution < 1.29 is 9.53 Å². The van der Waals surface area contributed by atoms with Gasteiger partial charge < -0.3 is 20.4 Å². The van der Waals surface area contributed by atoms with E-state index in [1.54, 1.807) is 19.3 Å². The Hall–Kier alpha value is -3.87. The first-order chi connectivity index (χ1) is 14.6. The number of nitrogens with one attached hydrogen (secondary N) is 3. The molecule has 0 spiro atoms. The molecule has 2 heterocycles. The normalized spacial score (nSPS) is 10.7. The van der Waals surface area contributed by atoms with Crippen molar-refractivity contribution in [3.8, 4) is 11.6 Å². The Morgan fingerprint density at radius 3 is 2.90 bits per heavy atom. The number of carbonyl (C=O) groups excluding carboxylic acids is 1. The minimum Gasteiger partial charge on any atom is -0.439 e. The standard InChI is InChI=1S/C23H23N5O2/c1-15-12-17-14-19(7-8-20(17)26-15)30-22-10-11-25-23(28-22)27-18-5-3-4-16(13-18)6-9-21(29)24-2/h3-5,7-8,10-14,26H,6,9H2,1-2H3,(H,24,29)(H,25,27,28). The number of amides is 1. The second-order valence-corrected chi connectivity index (χ2v) is 7.02. The predicted octanol–water partition coefficient (Wildman–Crippen LogP) is 4.48. The van der Waals surface area contributed by atoms with Gasteiger partial charge >= 0.3 is 0 Å². The Morgan fingerprint density at radius 1 is 1.13 bits per heavy atom. The summed E-state index contributed by atoms with van der Waals surface area (Å²) in [6.07, 6.45) is 2.77. The summed E-state index contributed by atoms with van der Waals surface area (Å²) < 4.78 is 5.93. The zero-order valence-corrected chi connectivity index (χ0v) is 16.9. The van der Waals surface area contributed by atoms with E-state index < -0.39 is 0 Å². The van der Waals surface area contributed by atoms with Crippen molar-refractivity contribution in [3.05, 3.63) is 72.1 Å². The van der Waals surface area contributed by atoms with E-state index in [4.69, 9.17) is 4.74 Å². The number of fused-ring (bicyclic) bond motifs is 1. The first kappa shape index (κ1) is 19.4. The molecule has 0 atom stereocenters. The molecule has 0 saturated carbocycles. The third kappa shape index (κ3) is 4.75. The number of hydrogen-bond donors (Lipinski definition) is 3. The first-order valence-electron chi connectivity index (χ1n) is 9.76. The number of benzene rings is 2. The molecule has 0 aliphatic heterocycles. The molecular formula is C23H23N5O2. The van der Waals surface area contributed by atoms with Crippen LogP contribution >= 0.6 is 0 Å². The van der Waals surface area contributed by atoms with Gasteiger partial charge in [0.05, 0.1) is 0 Å². The number of H-pyrrole nitrogens is 1. The Morgan fingerprint density at radius 2 is 2.03 bits per heavy atom. The van der Waals surface area contributed by atoms with E-state index in [-0.39, 0.29) is 5.91 Å². The van der Waals surface area contributed by atoms with Gasteiger partial charge in [-0.25, -0.2) is 4.98 Å². The second-order valence-electron chi connectivity index (χ2n) is 7.02. The van der Waals surface area contributed by atoms with E-state index in [1.165, 1.54) is 0 Å². The van der Waals surface area contributed by atoms with Crippen molar-refractivity contribution in [1.29, 1.82) is 0 Å². The summed E-state index contributed by atoms with van der Waals surface area (Å²) in [5.41, 5.74) is 4.09. The molecule has 4 rings (SSSR count). The van der Waals surface area contributed by atoms with E-state index in [0.29, 0.717) is 30.4 Å². The summed E-state index contributed by atoms with van der Waals surface area (Å²) in [4.78, 5) is 23.5. The van der Waals surface area contributed by atoms with Gasteiger partial charge in [-0.3, -0.25) is 4.79 Å². The van der Waals surface area contributed by atoms with Gasteiger partial charge in [-0.2, -0.15) is 4.98 Å². The van der Waals surface area contributed by atoms with Crippen molar-refractivity contribution in [2.45, 2.75) is 19.8 Å². The Bertz CT molecular complexity index is 1190. The highest BCUT2D eigenvalue weighted by Crippen LogP contribution is 2.26. The molecule has 152 valence electrons. The highest BCUT2D eigenvalue weighted by molar-refractivity contribution is 5.82. The molecule has 7 nitrogen and oxygen atoms in total. The molecule has 4 aromatic rings. The summed E-state index contributed by atoms with van der Waals surface area (Å²) in [6.45, 7) is 2.02. The fourth-order valence-corrected chi connectivity index (χ4v) is 3.22. The fourth-order valence-electron chi connectivity index (χ4n) is 3.22. The molecule has 0 saturated heterocycles. The van der Waals surface area contributed by atoms with Crippen molar-refractivity contribution >= 4 is 28.4 Å². The van der Waals surface area contributed by atoms with Crippen LogP contribution in [0.2, 0.25) is 0 Å². The number of aromatic nitrogens is 3. The zero-order chi connectivity index (χ0) is 20.9. The summed E-state index contributed by atoms with van der Waals surface area (Å²) in [5.74, 6) is 1.63. The molecule has 0 aliphatic carbocycles. The Kier molecular flexibility index (Phi) is 5.61. The number of aromatic amines is 1. The van der Waals surface area contributed by atoms with Crippen LogP contribution in [0.1, 0.15) is 17.7 Å². The first-order valence-corrected chi connectivity index (χ1v) is 9.76. The molecule has 30 heavy (non-hydrogen) atoms. The van der Waals surface area contributed by atoms with Crippen LogP contribution in [0.15, 0.2) is 60.8 Å². The van der Waals surface area contributed by atoms with E-state index in [0.717, 1.165) is 27.8 Å². The maximum absolute atomic E-state index is 11.5. The second kappa shape index (κ2) is 8.65. The molecule has 0 radical (unpaired) electrons. The number of ether oxygens (including phenoxy) is 1. The van der Waals surface area contributed by atoms with Crippen LogP contribution in [0, 0.1) is 6.92 Å².